The predicted molar refractivity (Wildman–Crippen MR) is 110 cm³/mol. The highest BCUT2D eigenvalue weighted by Gasteiger charge is 2.28. The zero-order valence-electron chi connectivity index (χ0n) is 17.0. The topological polar surface area (TPSA) is 64.4 Å². The molecule has 0 aliphatic carbocycles. The van der Waals surface area contributed by atoms with Crippen molar-refractivity contribution in [2.24, 2.45) is 0 Å². The molecule has 1 unspecified atom stereocenters. The summed E-state index contributed by atoms with van der Waals surface area (Å²) >= 11 is 0. The average molecular weight is 406 g/mol. The molecule has 2 heterocycles. The number of likely N-dealkylation sites (tertiary alicyclic amines) is 1. The zero-order valence-corrected chi connectivity index (χ0v) is 17.9. The molecule has 1 aromatic carbocycles. The van der Waals surface area contributed by atoms with Crippen LogP contribution >= 0.6 is 0 Å². The number of methoxy groups -OCH3 is 1. The first-order valence-electron chi connectivity index (χ1n) is 9.99. The molecule has 1 aliphatic rings. The molecule has 0 radical (unpaired) electrons. The third kappa shape index (κ3) is 4.82. The number of benzene rings is 1. The summed E-state index contributed by atoms with van der Waals surface area (Å²) in [6, 6.07) is 10.1. The quantitative estimate of drug-likeness (QED) is 0.676. The van der Waals surface area contributed by atoms with Gasteiger partial charge in [0.2, 0.25) is 15.0 Å². The maximum absolute atomic E-state index is 12.9. The van der Waals surface area contributed by atoms with Gasteiger partial charge in [-0.1, -0.05) is 30.3 Å². The standard InChI is InChI=1S/C21H31N3O3S/c1-17(2)28(25,26)21-22-14-19(15-23-12-7-10-20(16-23)27-3)24(21)13-11-18-8-5-4-6-9-18/h4-6,8-9,14,17,20H,7,10-13,15-16H2,1-3H3. The van der Waals surface area contributed by atoms with E-state index in [1.165, 1.54) is 5.56 Å². The molecule has 1 saturated heterocycles. The number of aryl methyl sites for hydroxylation is 1. The Kier molecular flexibility index (Phi) is 6.91. The SMILES string of the molecule is COC1CCCN(Cc2cnc(S(=O)(=O)C(C)C)n2CCc2ccccc2)C1. The summed E-state index contributed by atoms with van der Waals surface area (Å²) in [4.78, 5) is 6.68. The Hall–Kier alpha value is -1.70. The molecule has 154 valence electrons. The van der Waals surface area contributed by atoms with Crippen LogP contribution in [0.5, 0.6) is 0 Å². The van der Waals surface area contributed by atoms with Crippen LogP contribution in [0.3, 0.4) is 0 Å². The summed E-state index contributed by atoms with van der Waals surface area (Å²) in [7, 11) is -1.68. The summed E-state index contributed by atoms with van der Waals surface area (Å²) in [5.41, 5.74) is 2.14. The molecule has 1 fully saturated rings. The van der Waals surface area contributed by atoms with Gasteiger partial charge < -0.3 is 9.30 Å². The Bertz CT molecular complexity index is 862. The smallest absolute Gasteiger partial charge is 0.228 e. The molecular formula is C21H31N3O3S. The van der Waals surface area contributed by atoms with Crippen molar-refractivity contribution in [3.63, 3.8) is 0 Å². The molecule has 2 aromatic rings. The maximum Gasteiger partial charge on any atom is 0.228 e. The van der Waals surface area contributed by atoms with Crippen molar-refractivity contribution >= 4 is 9.84 Å². The normalized spacial score (nSPS) is 18.6. The molecule has 6 nitrogen and oxygen atoms in total. The van der Waals surface area contributed by atoms with E-state index in [-0.39, 0.29) is 11.3 Å². The monoisotopic (exact) mass is 405 g/mol. The minimum absolute atomic E-state index is 0.189. The van der Waals surface area contributed by atoms with Gasteiger partial charge in [-0.3, -0.25) is 4.90 Å². The van der Waals surface area contributed by atoms with E-state index in [4.69, 9.17) is 4.74 Å². The van der Waals surface area contributed by atoms with Crippen molar-refractivity contribution in [3.05, 3.63) is 47.8 Å². The fourth-order valence-corrected chi connectivity index (χ4v) is 4.80. The van der Waals surface area contributed by atoms with Crippen LogP contribution in [-0.2, 0) is 34.1 Å². The second-order valence-electron chi connectivity index (χ2n) is 7.75. The molecule has 3 rings (SSSR count). The van der Waals surface area contributed by atoms with E-state index >= 15 is 0 Å². The largest absolute Gasteiger partial charge is 0.380 e. The van der Waals surface area contributed by atoms with E-state index in [1.54, 1.807) is 27.2 Å². The number of sulfone groups is 1. The van der Waals surface area contributed by atoms with E-state index in [0.29, 0.717) is 13.1 Å². The molecule has 1 aromatic heterocycles. The van der Waals surface area contributed by atoms with Crippen molar-refractivity contribution in [1.82, 2.24) is 14.5 Å². The van der Waals surface area contributed by atoms with Crippen LogP contribution < -0.4 is 0 Å². The molecule has 0 bridgehead atoms. The van der Waals surface area contributed by atoms with Crippen LogP contribution in [-0.4, -0.2) is 54.4 Å². The molecule has 1 aliphatic heterocycles. The molecule has 0 N–H and O–H groups in total. The molecule has 1 atom stereocenters. The fraction of sp³-hybridized carbons (Fsp3) is 0.571. The first-order valence-corrected chi connectivity index (χ1v) is 11.5. The maximum atomic E-state index is 12.9. The second kappa shape index (κ2) is 9.20. The van der Waals surface area contributed by atoms with E-state index < -0.39 is 15.1 Å². The Balaban J connectivity index is 1.85. The lowest BCUT2D eigenvalue weighted by molar-refractivity contribution is 0.0277. The highest BCUT2D eigenvalue weighted by Crippen LogP contribution is 2.21. The van der Waals surface area contributed by atoms with E-state index in [2.05, 4.69) is 22.0 Å². The molecular weight excluding hydrogens is 374 g/mol. The van der Waals surface area contributed by atoms with E-state index in [1.807, 2.05) is 22.8 Å². The van der Waals surface area contributed by atoms with Crippen molar-refractivity contribution < 1.29 is 13.2 Å². The highest BCUT2D eigenvalue weighted by atomic mass is 32.2. The number of rotatable bonds is 8. The van der Waals surface area contributed by atoms with Crippen LogP contribution in [0.25, 0.3) is 0 Å². The van der Waals surface area contributed by atoms with Gasteiger partial charge in [0.05, 0.1) is 23.2 Å². The van der Waals surface area contributed by atoms with Crippen molar-refractivity contribution in [3.8, 4) is 0 Å². The lowest BCUT2D eigenvalue weighted by atomic mass is 10.1. The molecule has 28 heavy (non-hydrogen) atoms. The minimum Gasteiger partial charge on any atom is -0.380 e. The van der Waals surface area contributed by atoms with Gasteiger partial charge in [0.15, 0.2) is 0 Å². The first kappa shape index (κ1) is 21.0. The van der Waals surface area contributed by atoms with E-state index in [0.717, 1.165) is 38.0 Å². The number of nitrogens with zero attached hydrogens (tertiary/aromatic N) is 3. The third-order valence-electron chi connectivity index (χ3n) is 5.42. The first-order chi connectivity index (χ1) is 13.4. The summed E-state index contributed by atoms with van der Waals surface area (Å²) < 4.78 is 33.1. The highest BCUT2D eigenvalue weighted by molar-refractivity contribution is 7.91. The van der Waals surface area contributed by atoms with Gasteiger partial charge in [-0.25, -0.2) is 13.4 Å². The zero-order chi connectivity index (χ0) is 20.1. The van der Waals surface area contributed by atoms with Crippen LogP contribution in [0, 0.1) is 0 Å². The number of ether oxygens (including phenoxy) is 1. The van der Waals surface area contributed by atoms with Gasteiger partial charge in [-0.15, -0.1) is 0 Å². The van der Waals surface area contributed by atoms with E-state index in [9.17, 15) is 8.42 Å². The Morgan fingerprint density at radius 2 is 2.00 bits per heavy atom. The lowest BCUT2D eigenvalue weighted by Gasteiger charge is -2.32. The van der Waals surface area contributed by atoms with Gasteiger partial charge in [-0.05, 0) is 45.2 Å². The third-order valence-corrected chi connectivity index (χ3v) is 7.50. The van der Waals surface area contributed by atoms with Crippen LogP contribution in [0.15, 0.2) is 41.7 Å². The number of hydrogen-bond acceptors (Lipinski definition) is 5. The number of hydrogen-bond donors (Lipinski definition) is 0. The summed E-state index contributed by atoms with van der Waals surface area (Å²) in [6.45, 7) is 6.57. The number of imidazole rings is 1. The second-order valence-corrected chi connectivity index (χ2v) is 10.1. The van der Waals surface area contributed by atoms with Crippen molar-refractivity contribution in [1.29, 1.82) is 0 Å². The predicted octanol–water partition coefficient (Wildman–Crippen LogP) is 2.92. The minimum atomic E-state index is -3.44. The van der Waals surface area contributed by atoms with Crippen LogP contribution in [0.4, 0.5) is 0 Å². The van der Waals surface area contributed by atoms with Gasteiger partial charge in [0.25, 0.3) is 0 Å². The summed E-state index contributed by atoms with van der Waals surface area (Å²) in [6.07, 6.45) is 4.91. The molecule has 0 saturated carbocycles. The Labute approximate surface area is 168 Å². The lowest BCUT2D eigenvalue weighted by Crippen LogP contribution is -2.39. The molecule has 0 spiro atoms. The van der Waals surface area contributed by atoms with Crippen LogP contribution in [0.1, 0.15) is 37.9 Å². The van der Waals surface area contributed by atoms with Crippen molar-refractivity contribution in [2.75, 3.05) is 20.2 Å². The summed E-state index contributed by atoms with van der Waals surface area (Å²) in [5.74, 6) is 0. The Morgan fingerprint density at radius 3 is 2.68 bits per heavy atom. The average Bonchev–Trinajstić information content (AvgIpc) is 3.10. The summed E-state index contributed by atoms with van der Waals surface area (Å²) in [5, 5.41) is -0.306. The van der Waals surface area contributed by atoms with Gasteiger partial charge in [0, 0.05) is 26.7 Å². The van der Waals surface area contributed by atoms with Gasteiger partial charge >= 0.3 is 0 Å². The number of aromatic nitrogens is 2. The van der Waals surface area contributed by atoms with Crippen LogP contribution in [0.2, 0.25) is 0 Å². The molecule has 7 heteroatoms. The Morgan fingerprint density at radius 1 is 1.25 bits per heavy atom. The van der Waals surface area contributed by atoms with Gasteiger partial charge in [0.1, 0.15) is 0 Å². The molecule has 0 amide bonds. The van der Waals surface area contributed by atoms with Crippen molar-refractivity contribution in [2.45, 2.75) is 62.7 Å². The fourth-order valence-electron chi connectivity index (χ4n) is 3.66. The number of piperidine rings is 1. The van der Waals surface area contributed by atoms with Gasteiger partial charge in [-0.2, -0.15) is 0 Å².